The summed E-state index contributed by atoms with van der Waals surface area (Å²) in [5.41, 5.74) is 7.04. The lowest BCUT2D eigenvalue weighted by atomic mass is 10.0. The highest BCUT2D eigenvalue weighted by molar-refractivity contribution is 7.80. The van der Waals surface area contributed by atoms with Gasteiger partial charge in [-0.3, -0.25) is 4.90 Å². The van der Waals surface area contributed by atoms with Gasteiger partial charge in [0, 0.05) is 5.56 Å². The summed E-state index contributed by atoms with van der Waals surface area (Å²) < 4.78 is 5.44. The van der Waals surface area contributed by atoms with Gasteiger partial charge in [-0.05, 0) is 32.0 Å². The van der Waals surface area contributed by atoms with Crippen LogP contribution in [-0.2, 0) is 0 Å². The van der Waals surface area contributed by atoms with Gasteiger partial charge in [-0.2, -0.15) is 0 Å². The van der Waals surface area contributed by atoms with E-state index in [1.165, 1.54) is 0 Å². The van der Waals surface area contributed by atoms with Crippen LogP contribution in [0.25, 0.3) is 0 Å². The number of nitrogens with two attached hydrogens (primary N) is 1. The third-order valence-corrected chi connectivity index (χ3v) is 3.31. The van der Waals surface area contributed by atoms with Crippen LogP contribution in [0.4, 0.5) is 0 Å². The van der Waals surface area contributed by atoms with Gasteiger partial charge in [0.1, 0.15) is 5.75 Å². The van der Waals surface area contributed by atoms with E-state index in [0.29, 0.717) is 4.99 Å². The monoisotopic (exact) mass is 280 g/mol. The summed E-state index contributed by atoms with van der Waals surface area (Å²) >= 11 is 5.29. The minimum Gasteiger partial charge on any atom is -0.496 e. The molecule has 4 heteroatoms. The quantitative estimate of drug-likeness (QED) is 0.742. The molecule has 0 heterocycles. The zero-order chi connectivity index (χ0) is 14.3. The van der Waals surface area contributed by atoms with Crippen LogP contribution in [0.5, 0.6) is 5.75 Å². The standard InChI is InChI=1S/C15H24N2OS/c1-4-10-17(11-5-2)14(15(16)19)12-8-6-7-9-13(12)18-3/h6-9,14H,4-5,10-11H2,1-3H3,(H2,16,19). The van der Waals surface area contributed by atoms with Gasteiger partial charge in [0.25, 0.3) is 0 Å². The molecule has 0 bridgehead atoms. The van der Waals surface area contributed by atoms with Crippen molar-refractivity contribution in [2.24, 2.45) is 5.73 Å². The van der Waals surface area contributed by atoms with E-state index in [0.717, 1.165) is 37.2 Å². The molecular weight excluding hydrogens is 256 g/mol. The smallest absolute Gasteiger partial charge is 0.124 e. The Morgan fingerprint density at radius 3 is 2.32 bits per heavy atom. The average molecular weight is 280 g/mol. The molecule has 0 spiro atoms. The molecule has 0 aliphatic heterocycles. The Morgan fingerprint density at radius 2 is 1.84 bits per heavy atom. The van der Waals surface area contributed by atoms with Gasteiger partial charge in [0.15, 0.2) is 0 Å². The first-order chi connectivity index (χ1) is 9.15. The largest absolute Gasteiger partial charge is 0.496 e. The summed E-state index contributed by atoms with van der Waals surface area (Å²) in [7, 11) is 1.68. The highest BCUT2D eigenvalue weighted by atomic mass is 32.1. The maximum absolute atomic E-state index is 5.99. The Morgan fingerprint density at radius 1 is 1.26 bits per heavy atom. The summed E-state index contributed by atoms with van der Waals surface area (Å²) in [4.78, 5) is 2.84. The number of hydrogen-bond donors (Lipinski definition) is 1. The van der Waals surface area contributed by atoms with Crippen molar-refractivity contribution in [2.75, 3.05) is 20.2 Å². The lowest BCUT2D eigenvalue weighted by Gasteiger charge is -2.31. The number of hydrogen-bond acceptors (Lipinski definition) is 3. The maximum atomic E-state index is 5.99. The van der Waals surface area contributed by atoms with Gasteiger partial charge in [0.2, 0.25) is 0 Å². The molecule has 0 fully saturated rings. The highest BCUT2D eigenvalue weighted by Gasteiger charge is 2.24. The summed E-state index contributed by atoms with van der Waals surface area (Å²) in [6.45, 7) is 6.30. The molecule has 106 valence electrons. The molecule has 0 aliphatic rings. The molecule has 19 heavy (non-hydrogen) atoms. The zero-order valence-electron chi connectivity index (χ0n) is 12.1. The first-order valence-electron chi connectivity index (χ1n) is 6.81. The number of para-hydroxylation sites is 1. The Bertz CT molecular complexity index is 403. The molecule has 2 N–H and O–H groups in total. The fourth-order valence-electron chi connectivity index (χ4n) is 2.37. The van der Waals surface area contributed by atoms with E-state index in [4.69, 9.17) is 22.7 Å². The number of benzene rings is 1. The summed E-state index contributed by atoms with van der Waals surface area (Å²) in [6, 6.07) is 7.91. The van der Waals surface area contributed by atoms with Crippen LogP contribution in [0, 0.1) is 0 Å². The molecule has 1 atom stereocenters. The molecule has 0 saturated heterocycles. The summed E-state index contributed by atoms with van der Waals surface area (Å²) in [5.74, 6) is 0.845. The fourth-order valence-corrected chi connectivity index (χ4v) is 2.64. The van der Waals surface area contributed by atoms with E-state index < -0.39 is 0 Å². The predicted molar refractivity (Wildman–Crippen MR) is 84.7 cm³/mol. The molecule has 0 amide bonds. The number of rotatable bonds is 8. The second-order valence-corrected chi connectivity index (χ2v) is 5.05. The minimum atomic E-state index is -0.0500. The van der Waals surface area contributed by atoms with Crippen molar-refractivity contribution < 1.29 is 4.74 Å². The van der Waals surface area contributed by atoms with E-state index in [9.17, 15) is 0 Å². The van der Waals surface area contributed by atoms with Crippen LogP contribution in [-0.4, -0.2) is 30.1 Å². The van der Waals surface area contributed by atoms with Gasteiger partial charge < -0.3 is 10.5 Å². The number of thiocarbonyl (C=S) groups is 1. The Balaban J connectivity index is 3.14. The summed E-state index contributed by atoms with van der Waals surface area (Å²) in [6.07, 6.45) is 2.16. The molecule has 1 unspecified atom stereocenters. The fraction of sp³-hybridized carbons (Fsp3) is 0.533. The van der Waals surface area contributed by atoms with Crippen molar-refractivity contribution >= 4 is 17.2 Å². The number of methoxy groups -OCH3 is 1. The second-order valence-electron chi connectivity index (χ2n) is 4.58. The molecule has 0 radical (unpaired) electrons. The van der Waals surface area contributed by atoms with Crippen molar-refractivity contribution in [3.63, 3.8) is 0 Å². The molecule has 1 aromatic rings. The Labute approximate surface area is 121 Å². The van der Waals surface area contributed by atoms with E-state index in [1.807, 2.05) is 24.3 Å². The Hall–Kier alpha value is -1.13. The molecule has 0 aliphatic carbocycles. The van der Waals surface area contributed by atoms with Crippen LogP contribution in [0.2, 0.25) is 0 Å². The van der Waals surface area contributed by atoms with Gasteiger partial charge in [-0.15, -0.1) is 0 Å². The minimum absolute atomic E-state index is 0.0500. The van der Waals surface area contributed by atoms with Gasteiger partial charge in [-0.1, -0.05) is 44.3 Å². The molecular formula is C15H24N2OS. The molecule has 0 aromatic heterocycles. The van der Waals surface area contributed by atoms with Crippen molar-refractivity contribution in [2.45, 2.75) is 32.7 Å². The first-order valence-corrected chi connectivity index (χ1v) is 7.22. The van der Waals surface area contributed by atoms with Crippen molar-refractivity contribution in [3.05, 3.63) is 29.8 Å². The maximum Gasteiger partial charge on any atom is 0.124 e. The molecule has 3 nitrogen and oxygen atoms in total. The molecule has 1 aromatic carbocycles. The summed E-state index contributed by atoms with van der Waals surface area (Å²) in [5, 5.41) is 0. The van der Waals surface area contributed by atoms with Crippen molar-refractivity contribution in [3.8, 4) is 5.75 Å². The van der Waals surface area contributed by atoms with E-state index in [1.54, 1.807) is 7.11 Å². The average Bonchev–Trinajstić information content (AvgIpc) is 2.39. The van der Waals surface area contributed by atoms with Gasteiger partial charge in [-0.25, -0.2) is 0 Å². The third-order valence-electron chi connectivity index (χ3n) is 3.09. The van der Waals surface area contributed by atoms with Gasteiger partial charge >= 0.3 is 0 Å². The Kier molecular flexibility index (Phi) is 6.81. The first kappa shape index (κ1) is 15.9. The normalized spacial score (nSPS) is 12.4. The van der Waals surface area contributed by atoms with E-state index >= 15 is 0 Å². The van der Waals surface area contributed by atoms with Crippen LogP contribution in [0.15, 0.2) is 24.3 Å². The second kappa shape index (κ2) is 8.12. The van der Waals surface area contributed by atoms with E-state index in [2.05, 4.69) is 18.7 Å². The zero-order valence-corrected chi connectivity index (χ0v) is 12.9. The van der Waals surface area contributed by atoms with Crippen molar-refractivity contribution in [1.29, 1.82) is 0 Å². The van der Waals surface area contributed by atoms with Crippen LogP contribution < -0.4 is 10.5 Å². The molecule has 0 saturated carbocycles. The lowest BCUT2D eigenvalue weighted by Crippen LogP contribution is -2.38. The SMILES string of the molecule is CCCN(CCC)C(C(N)=S)c1ccccc1OC. The highest BCUT2D eigenvalue weighted by Crippen LogP contribution is 2.29. The topological polar surface area (TPSA) is 38.5 Å². The van der Waals surface area contributed by atoms with Crippen LogP contribution >= 0.6 is 12.2 Å². The predicted octanol–water partition coefficient (Wildman–Crippen LogP) is 3.14. The van der Waals surface area contributed by atoms with Crippen LogP contribution in [0.3, 0.4) is 0 Å². The van der Waals surface area contributed by atoms with Gasteiger partial charge in [0.05, 0.1) is 18.1 Å². The van der Waals surface area contributed by atoms with Crippen LogP contribution in [0.1, 0.15) is 38.3 Å². The van der Waals surface area contributed by atoms with E-state index in [-0.39, 0.29) is 6.04 Å². The molecule has 1 rings (SSSR count). The number of ether oxygens (including phenoxy) is 1. The van der Waals surface area contributed by atoms with Crippen molar-refractivity contribution in [1.82, 2.24) is 4.90 Å². The third kappa shape index (κ3) is 4.18. The number of nitrogens with zero attached hydrogens (tertiary/aromatic N) is 1. The lowest BCUT2D eigenvalue weighted by molar-refractivity contribution is 0.241.